The van der Waals surface area contributed by atoms with Gasteiger partial charge in [0.2, 0.25) is 0 Å². The van der Waals surface area contributed by atoms with Gasteiger partial charge in [0.15, 0.2) is 0 Å². The summed E-state index contributed by atoms with van der Waals surface area (Å²) in [6.45, 7) is -0.655. The van der Waals surface area contributed by atoms with Gasteiger partial charge in [-0.15, -0.1) is 0 Å². The molecule has 0 unspecified atom stereocenters. The fourth-order valence-corrected chi connectivity index (χ4v) is 1.68. The minimum Gasteiger partial charge on any atom is -0.487 e. The SMILES string of the molecule is O=C(NC(CO)CO)c1cc(COc2cccc(F)c2)[nH]n1. The molecule has 0 aliphatic rings. The Morgan fingerprint density at radius 3 is 2.82 bits per heavy atom. The molecule has 0 saturated heterocycles. The van der Waals surface area contributed by atoms with Crippen LogP contribution in [0.1, 0.15) is 16.2 Å². The van der Waals surface area contributed by atoms with Gasteiger partial charge in [-0.05, 0) is 18.2 Å². The summed E-state index contributed by atoms with van der Waals surface area (Å²) < 4.78 is 18.4. The van der Waals surface area contributed by atoms with Crippen LogP contribution < -0.4 is 10.1 Å². The van der Waals surface area contributed by atoms with Crippen molar-refractivity contribution in [2.45, 2.75) is 12.6 Å². The molecule has 8 heteroatoms. The monoisotopic (exact) mass is 309 g/mol. The fraction of sp³-hybridized carbons (Fsp3) is 0.286. The van der Waals surface area contributed by atoms with E-state index in [-0.39, 0.29) is 25.5 Å². The molecule has 0 aliphatic heterocycles. The highest BCUT2D eigenvalue weighted by Crippen LogP contribution is 2.13. The average Bonchev–Trinajstić information content (AvgIpc) is 2.99. The third-order valence-electron chi connectivity index (χ3n) is 2.83. The van der Waals surface area contributed by atoms with Gasteiger partial charge < -0.3 is 20.3 Å². The normalized spacial score (nSPS) is 10.7. The van der Waals surface area contributed by atoms with Crippen LogP contribution in [0.15, 0.2) is 30.3 Å². The number of ether oxygens (including phenoxy) is 1. The minimum absolute atomic E-state index is 0.0904. The number of aromatic nitrogens is 2. The zero-order valence-corrected chi connectivity index (χ0v) is 11.6. The molecule has 0 bridgehead atoms. The lowest BCUT2D eigenvalue weighted by molar-refractivity contribution is 0.0874. The lowest BCUT2D eigenvalue weighted by Crippen LogP contribution is -2.40. The maximum Gasteiger partial charge on any atom is 0.272 e. The third-order valence-corrected chi connectivity index (χ3v) is 2.83. The number of benzene rings is 1. The molecule has 0 fully saturated rings. The van der Waals surface area contributed by atoms with E-state index in [1.165, 1.54) is 24.3 Å². The van der Waals surface area contributed by atoms with Crippen LogP contribution in [-0.4, -0.2) is 45.6 Å². The van der Waals surface area contributed by atoms with Gasteiger partial charge in [-0.1, -0.05) is 6.07 Å². The Morgan fingerprint density at radius 2 is 2.14 bits per heavy atom. The van der Waals surface area contributed by atoms with Gasteiger partial charge in [0, 0.05) is 6.07 Å². The highest BCUT2D eigenvalue weighted by atomic mass is 19.1. The molecule has 22 heavy (non-hydrogen) atoms. The van der Waals surface area contributed by atoms with E-state index in [4.69, 9.17) is 14.9 Å². The van der Waals surface area contributed by atoms with E-state index in [0.29, 0.717) is 11.4 Å². The summed E-state index contributed by atoms with van der Waals surface area (Å²) in [7, 11) is 0. The van der Waals surface area contributed by atoms with Gasteiger partial charge in [-0.3, -0.25) is 9.89 Å². The summed E-state index contributed by atoms with van der Waals surface area (Å²) in [5.41, 5.74) is 0.628. The van der Waals surface area contributed by atoms with Crippen molar-refractivity contribution >= 4 is 5.91 Å². The molecule has 7 nitrogen and oxygen atoms in total. The van der Waals surface area contributed by atoms with E-state index in [0.717, 1.165) is 0 Å². The largest absolute Gasteiger partial charge is 0.487 e. The molecule has 0 radical (unpaired) electrons. The molecule has 2 aromatic rings. The Hall–Kier alpha value is -2.45. The van der Waals surface area contributed by atoms with Crippen LogP contribution >= 0.6 is 0 Å². The number of H-pyrrole nitrogens is 1. The van der Waals surface area contributed by atoms with E-state index in [9.17, 15) is 9.18 Å². The second-order valence-electron chi connectivity index (χ2n) is 4.56. The lowest BCUT2D eigenvalue weighted by Gasteiger charge is -2.11. The third kappa shape index (κ3) is 4.27. The summed E-state index contributed by atoms with van der Waals surface area (Å²) in [5, 5.41) is 26.7. The molecule has 0 atom stereocenters. The number of hydrogen-bond acceptors (Lipinski definition) is 5. The molecular formula is C14H16FN3O4. The van der Waals surface area contributed by atoms with Crippen molar-refractivity contribution < 1.29 is 24.1 Å². The zero-order chi connectivity index (χ0) is 15.9. The average molecular weight is 309 g/mol. The minimum atomic E-state index is -0.740. The number of aromatic amines is 1. The number of aliphatic hydroxyl groups is 2. The first-order valence-corrected chi connectivity index (χ1v) is 6.57. The number of nitrogens with zero attached hydrogens (tertiary/aromatic N) is 1. The molecule has 1 amide bonds. The van der Waals surface area contributed by atoms with Crippen LogP contribution in [-0.2, 0) is 6.61 Å². The van der Waals surface area contributed by atoms with Crippen LogP contribution in [0.4, 0.5) is 4.39 Å². The van der Waals surface area contributed by atoms with E-state index < -0.39 is 17.8 Å². The number of amides is 1. The van der Waals surface area contributed by atoms with Gasteiger partial charge in [0.1, 0.15) is 23.9 Å². The number of halogens is 1. The molecule has 4 N–H and O–H groups in total. The second kappa shape index (κ2) is 7.53. The van der Waals surface area contributed by atoms with Crippen molar-refractivity contribution in [3.05, 3.63) is 47.5 Å². The number of aliphatic hydroxyl groups excluding tert-OH is 2. The number of carbonyl (C=O) groups excluding carboxylic acids is 1. The van der Waals surface area contributed by atoms with Crippen LogP contribution in [0.25, 0.3) is 0 Å². The predicted octanol–water partition coefficient (Wildman–Crippen LogP) is 0.211. The Bertz CT molecular complexity index is 628. The molecule has 0 saturated carbocycles. The summed E-state index contributed by atoms with van der Waals surface area (Å²) >= 11 is 0. The molecular weight excluding hydrogens is 293 g/mol. The maximum absolute atomic E-state index is 13.0. The first-order valence-electron chi connectivity index (χ1n) is 6.57. The number of nitrogens with one attached hydrogen (secondary N) is 2. The second-order valence-corrected chi connectivity index (χ2v) is 4.56. The molecule has 1 aromatic carbocycles. The molecule has 0 spiro atoms. The smallest absolute Gasteiger partial charge is 0.272 e. The highest BCUT2D eigenvalue weighted by Gasteiger charge is 2.15. The predicted molar refractivity (Wildman–Crippen MR) is 74.7 cm³/mol. The van der Waals surface area contributed by atoms with E-state index in [2.05, 4.69) is 15.5 Å². The Balaban J connectivity index is 1.92. The Kier molecular flexibility index (Phi) is 5.45. The summed E-state index contributed by atoms with van der Waals surface area (Å²) in [5.74, 6) is -0.566. The van der Waals surface area contributed by atoms with Crippen molar-refractivity contribution in [3.8, 4) is 5.75 Å². The molecule has 1 aromatic heterocycles. The van der Waals surface area contributed by atoms with Crippen LogP contribution in [0, 0.1) is 5.82 Å². The maximum atomic E-state index is 13.0. The standard InChI is InChI=1S/C14H16FN3O4/c15-9-2-1-3-12(4-9)22-8-10-5-13(18-17-10)14(21)16-11(6-19)7-20/h1-5,11,19-20H,6-8H2,(H,16,21)(H,17,18). The number of carbonyl (C=O) groups is 1. The van der Waals surface area contributed by atoms with Crippen molar-refractivity contribution in [1.29, 1.82) is 0 Å². The lowest BCUT2D eigenvalue weighted by atomic mass is 10.3. The summed E-state index contributed by atoms with van der Waals surface area (Å²) in [4.78, 5) is 11.8. The molecule has 0 aliphatic carbocycles. The number of hydrogen-bond donors (Lipinski definition) is 4. The first-order chi connectivity index (χ1) is 10.6. The Morgan fingerprint density at radius 1 is 1.36 bits per heavy atom. The molecule has 1 heterocycles. The fourth-order valence-electron chi connectivity index (χ4n) is 1.68. The number of rotatable bonds is 7. The van der Waals surface area contributed by atoms with Gasteiger partial charge in [-0.2, -0.15) is 5.10 Å². The topological polar surface area (TPSA) is 107 Å². The molecule has 2 rings (SSSR count). The van der Waals surface area contributed by atoms with Crippen LogP contribution in [0.5, 0.6) is 5.75 Å². The first kappa shape index (κ1) is 15.9. The quantitative estimate of drug-likeness (QED) is 0.585. The van der Waals surface area contributed by atoms with Crippen molar-refractivity contribution in [2.75, 3.05) is 13.2 Å². The van der Waals surface area contributed by atoms with Crippen LogP contribution in [0.3, 0.4) is 0 Å². The highest BCUT2D eigenvalue weighted by molar-refractivity contribution is 5.92. The summed E-state index contributed by atoms with van der Waals surface area (Å²) in [6.07, 6.45) is 0. The van der Waals surface area contributed by atoms with Crippen molar-refractivity contribution in [1.82, 2.24) is 15.5 Å². The van der Waals surface area contributed by atoms with Crippen molar-refractivity contribution in [2.24, 2.45) is 0 Å². The van der Waals surface area contributed by atoms with Gasteiger partial charge in [-0.25, -0.2) is 4.39 Å². The van der Waals surface area contributed by atoms with Crippen molar-refractivity contribution in [3.63, 3.8) is 0 Å². The van der Waals surface area contributed by atoms with Gasteiger partial charge in [0.05, 0.1) is 24.9 Å². The van der Waals surface area contributed by atoms with E-state index in [1.807, 2.05) is 0 Å². The van der Waals surface area contributed by atoms with Gasteiger partial charge in [0.25, 0.3) is 5.91 Å². The zero-order valence-electron chi connectivity index (χ0n) is 11.6. The Labute approximate surface area is 125 Å². The van der Waals surface area contributed by atoms with Gasteiger partial charge >= 0.3 is 0 Å². The summed E-state index contributed by atoms with van der Waals surface area (Å²) in [6, 6.07) is 6.43. The van der Waals surface area contributed by atoms with Crippen LogP contribution in [0.2, 0.25) is 0 Å². The molecule has 118 valence electrons. The van der Waals surface area contributed by atoms with E-state index >= 15 is 0 Å². The van der Waals surface area contributed by atoms with E-state index in [1.54, 1.807) is 6.07 Å².